The van der Waals surface area contributed by atoms with Crippen molar-refractivity contribution in [3.8, 4) is 5.75 Å². The van der Waals surface area contributed by atoms with Crippen LogP contribution >= 0.6 is 0 Å². The molecule has 27 heavy (non-hydrogen) atoms. The lowest BCUT2D eigenvalue weighted by Crippen LogP contribution is -2.27. The Hall–Kier alpha value is -3.09. The van der Waals surface area contributed by atoms with Gasteiger partial charge in [0.15, 0.2) is 0 Å². The number of anilines is 1. The van der Waals surface area contributed by atoms with Crippen LogP contribution in [0.3, 0.4) is 0 Å². The van der Waals surface area contributed by atoms with E-state index in [0.717, 1.165) is 5.56 Å². The largest absolute Gasteiger partial charge is 0.487 e. The van der Waals surface area contributed by atoms with Gasteiger partial charge in [-0.25, -0.2) is 4.79 Å². The van der Waals surface area contributed by atoms with E-state index >= 15 is 0 Å². The molecular weight excluding hydrogens is 348 g/mol. The fourth-order valence-electron chi connectivity index (χ4n) is 2.00. The number of nitro benzene ring substituents is 1. The Bertz CT molecular complexity index is 755. The third kappa shape index (κ3) is 7.77. The first-order valence-corrected chi connectivity index (χ1v) is 8.70. The topological polar surface area (TPSA) is 90.7 Å². The van der Waals surface area contributed by atoms with Crippen LogP contribution in [0.1, 0.15) is 40.2 Å². The molecule has 0 aliphatic carbocycles. The van der Waals surface area contributed by atoms with E-state index in [1.165, 1.54) is 18.2 Å². The van der Waals surface area contributed by atoms with Gasteiger partial charge in [-0.15, -0.1) is 0 Å². The molecule has 1 N–H and O–H groups in total. The lowest BCUT2D eigenvalue weighted by atomic mass is 10.2. The molecule has 2 rings (SSSR count). The SMILES string of the molecule is CC.CC(C)(C)OC(=O)Nc1cc([N+](=O)[O-])ccc1OCc1ccccc1. The molecule has 0 atom stereocenters. The summed E-state index contributed by atoms with van der Waals surface area (Å²) < 4.78 is 10.9. The van der Waals surface area contributed by atoms with E-state index in [2.05, 4.69) is 5.32 Å². The van der Waals surface area contributed by atoms with E-state index in [4.69, 9.17) is 9.47 Å². The normalized spacial score (nSPS) is 10.3. The van der Waals surface area contributed by atoms with Gasteiger partial charge in [-0.1, -0.05) is 44.2 Å². The summed E-state index contributed by atoms with van der Waals surface area (Å²) in [6, 6.07) is 13.5. The lowest BCUT2D eigenvalue weighted by Gasteiger charge is -2.20. The van der Waals surface area contributed by atoms with Crippen molar-refractivity contribution in [1.29, 1.82) is 0 Å². The third-order valence-corrected chi connectivity index (χ3v) is 3.05. The maximum atomic E-state index is 12.0. The fraction of sp³-hybridized carbons (Fsp3) is 0.350. The van der Waals surface area contributed by atoms with Gasteiger partial charge < -0.3 is 9.47 Å². The molecule has 0 radical (unpaired) electrons. The van der Waals surface area contributed by atoms with Gasteiger partial charge in [0.05, 0.1) is 10.6 Å². The highest BCUT2D eigenvalue weighted by atomic mass is 16.6. The van der Waals surface area contributed by atoms with Crippen molar-refractivity contribution >= 4 is 17.5 Å². The first-order valence-electron chi connectivity index (χ1n) is 8.70. The molecule has 2 aromatic carbocycles. The summed E-state index contributed by atoms with van der Waals surface area (Å²) in [5.41, 5.74) is 0.275. The molecule has 0 saturated heterocycles. The number of non-ortho nitro benzene ring substituents is 1. The number of carbonyl (C=O) groups is 1. The van der Waals surface area contributed by atoms with Crippen molar-refractivity contribution in [2.24, 2.45) is 0 Å². The predicted octanol–water partition coefficient (Wildman–Crippen LogP) is 5.55. The second kappa shape index (κ2) is 10.2. The van der Waals surface area contributed by atoms with Crippen LogP contribution in [0.4, 0.5) is 16.2 Å². The Labute approximate surface area is 159 Å². The van der Waals surface area contributed by atoms with Crippen LogP contribution in [0.2, 0.25) is 0 Å². The van der Waals surface area contributed by atoms with Crippen molar-refractivity contribution < 1.29 is 19.2 Å². The van der Waals surface area contributed by atoms with Gasteiger partial charge in [-0.2, -0.15) is 0 Å². The van der Waals surface area contributed by atoms with E-state index in [1.807, 2.05) is 44.2 Å². The van der Waals surface area contributed by atoms with Gasteiger partial charge in [0.25, 0.3) is 5.69 Å². The van der Waals surface area contributed by atoms with E-state index in [-0.39, 0.29) is 18.0 Å². The quantitative estimate of drug-likeness (QED) is 0.547. The zero-order valence-corrected chi connectivity index (χ0v) is 16.3. The average Bonchev–Trinajstić information content (AvgIpc) is 2.61. The van der Waals surface area contributed by atoms with Gasteiger partial charge in [-0.3, -0.25) is 15.4 Å². The lowest BCUT2D eigenvalue weighted by molar-refractivity contribution is -0.384. The number of nitro groups is 1. The number of ether oxygens (including phenoxy) is 2. The van der Waals surface area contributed by atoms with Crippen molar-refractivity contribution in [1.82, 2.24) is 0 Å². The predicted molar refractivity (Wildman–Crippen MR) is 105 cm³/mol. The Morgan fingerprint density at radius 2 is 1.74 bits per heavy atom. The maximum absolute atomic E-state index is 12.0. The molecule has 0 aliphatic heterocycles. The third-order valence-electron chi connectivity index (χ3n) is 3.05. The summed E-state index contributed by atoms with van der Waals surface area (Å²) in [5, 5.41) is 13.5. The van der Waals surface area contributed by atoms with E-state index in [9.17, 15) is 14.9 Å². The van der Waals surface area contributed by atoms with Crippen LogP contribution in [0.5, 0.6) is 5.75 Å². The molecule has 7 heteroatoms. The fourth-order valence-corrected chi connectivity index (χ4v) is 2.00. The molecule has 0 unspecified atom stereocenters. The van der Waals surface area contributed by atoms with Gasteiger partial charge in [-0.05, 0) is 32.4 Å². The second-order valence-corrected chi connectivity index (χ2v) is 6.34. The molecule has 2 aromatic rings. The maximum Gasteiger partial charge on any atom is 0.412 e. The van der Waals surface area contributed by atoms with Gasteiger partial charge in [0.1, 0.15) is 18.0 Å². The highest BCUT2D eigenvalue weighted by Gasteiger charge is 2.19. The van der Waals surface area contributed by atoms with E-state index < -0.39 is 16.6 Å². The Morgan fingerprint density at radius 1 is 1.11 bits per heavy atom. The van der Waals surface area contributed by atoms with Crippen molar-refractivity contribution in [3.05, 3.63) is 64.2 Å². The highest BCUT2D eigenvalue weighted by Crippen LogP contribution is 2.30. The molecule has 0 spiro atoms. The molecule has 7 nitrogen and oxygen atoms in total. The number of benzene rings is 2. The summed E-state index contributed by atoms with van der Waals surface area (Å²) in [4.78, 5) is 22.4. The van der Waals surface area contributed by atoms with E-state index in [0.29, 0.717) is 5.75 Å². The molecule has 0 heterocycles. The smallest absolute Gasteiger partial charge is 0.412 e. The molecule has 0 aliphatic rings. The summed E-state index contributed by atoms with van der Waals surface area (Å²) >= 11 is 0. The summed E-state index contributed by atoms with van der Waals surface area (Å²) in [5.74, 6) is 0.320. The zero-order chi connectivity index (χ0) is 20.4. The Morgan fingerprint density at radius 3 is 2.30 bits per heavy atom. The highest BCUT2D eigenvalue weighted by molar-refractivity contribution is 5.87. The van der Waals surface area contributed by atoms with Crippen LogP contribution in [-0.4, -0.2) is 16.6 Å². The molecule has 1 amide bonds. The number of hydrogen-bond acceptors (Lipinski definition) is 5. The average molecular weight is 374 g/mol. The second-order valence-electron chi connectivity index (χ2n) is 6.34. The van der Waals surface area contributed by atoms with Crippen LogP contribution in [0.15, 0.2) is 48.5 Å². The minimum atomic E-state index is -0.711. The number of hydrogen-bond donors (Lipinski definition) is 1. The number of nitrogens with one attached hydrogen (secondary N) is 1. The van der Waals surface area contributed by atoms with Crippen LogP contribution in [-0.2, 0) is 11.3 Å². The summed E-state index contributed by atoms with van der Waals surface area (Å²) in [6.45, 7) is 9.45. The number of nitrogens with zero attached hydrogens (tertiary/aromatic N) is 1. The van der Waals surface area contributed by atoms with Gasteiger partial charge in [0.2, 0.25) is 0 Å². The first-order chi connectivity index (χ1) is 12.7. The Balaban J connectivity index is 0.00000176. The standard InChI is InChI=1S/C18H20N2O5.C2H6/c1-18(2,3)25-17(21)19-15-11-14(20(22)23)9-10-16(15)24-12-13-7-5-4-6-8-13;1-2/h4-11H,12H2,1-3H3,(H,19,21);1-2H3. The van der Waals surface area contributed by atoms with Crippen LogP contribution < -0.4 is 10.1 Å². The zero-order valence-electron chi connectivity index (χ0n) is 16.3. The van der Waals surface area contributed by atoms with Crippen molar-refractivity contribution in [2.75, 3.05) is 5.32 Å². The summed E-state index contributed by atoms with van der Waals surface area (Å²) in [7, 11) is 0. The van der Waals surface area contributed by atoms with Crippen molar-refractivity contribution in [2.45, 2.75) is 46.8 Å². The monoisotopic (exact) mass is 374 g/mol. The first kappa shape index (κ1) is 22.0. The van der Waals surface area contributed by atoms with Crippen molar-refractivity contribution in [3.63, 3.8) is 0 Å². The van der Waals surface area contributed by atoms with Crippen LogP contribution in [0.25, 0.3) is 0 Å². The number of carbonyl (C=O) groups excluding carboxylic acids is 1. The Kier molecular flexibility index (Phi) is 8.26. The molecule has 146 valence electrons. The molecule has 0 saturated carbocycles. The molecule has 0 bridgehead atoms. The minimum Gasteiger partial charge on any atom is -0.487 e. The summed E-state index contributed by atoms with van der Waals surface area (Å²) in [6.07, 6.45) is -0.711. The van der Waals surface area contributed by atoms with Gasteiger partial charge >= 0.3 is 6.09 Å². The number of amides is 1. The molecule has 0 aromatic heterocycles. The number of rotatable bonds is 5. The minimum absolute atomic E-state index is 0.155. The van der Waals surface area contributed by atoms with Gasteiger partial charge in [0, 0.05) is 12.1 Å². The van der Waals surface area contributed by atoms with Crippen LogP contribution in [0, 0.1) is 10.1 Å². The van der Waals surface area contributed by atoms with E-state index in [1.54, 1.807) is 20.8 Å². The molecular formula is C20H26N2O5. The molecule has 0 fully saturated rings.